The van der Waals surface area contributed by atoms with Crippen LogP contribution in [0.3, 0.4) is 0 Å². The molecule has 0 aromatic heterocycles. The van der Waals surface area contributed by atoms with Gasteiger partial charge in [0.2, 0.25) is 0 Å². The third kappa shape index (κ3) is 2.79. The first-order valence-corrected chi connectivity index (χ1v) is 6.82. The van der Waals surface area contributed by atoms with E-state index in [4.69, 9.17) is 15.2 Å². The number of hydrogen-bond donors (Lipinski definition) is 2. The predicted molar refractivity (Wildman–Crippen MR) is 72.8 cm³/mol. The third-order valence-electron chi connectivity index (χ3n) is 3.44. The van der Waals surface area contributed by atoms with Crippen LogP contribution in [0.15, 0.2) is 16.6 Å². The van der Waals surface area contributed by atoms with Gasteiger partial charge in [-0.1, -0.05) is 0 Å². The summed E-state index contributed by atoms with van der Waals surface area (Å²) in [5.41, 5.74) is 7.00. The van der Waals surface area contributed by atoms with Crippen LogP contribution in [0.1, 0.15) is 24.4 Å². The van der Waals surface area contributed by atoms with Gasteiger partial charge in [-0.15, -0.1) is 0 Å². The second-order valence-corrected chi connectivity index (χ2v) is 5.38. The number of phenolic OH excluding ortho intramolecular Hbond substituents is 1. The van der Waals surface area contributed by atoms with Gasteiger partial charge in [0.05, 0.1) is 11.6 Å². The number of phenols is 1. The van der Waals surface area contributed by atoms with E-state index in [1.807, 2.05) is 0 Å². The number of hydrogen-bond acceptors (Lipinski definition) is 4. The number of rotatable bonds is 3. The molecule has 1 aromatic carbocycles. The van der Waals surface area contributed by atoms with Crippen molar-refractivity contribution >= 4 is 15.9 Å². The van der Waals surface area contributed by atoms with Crippen molar-refractivity contribution in [2.24, 2.45) is 11.7 Å². The first-order valence-electron chi connectivity index (χ1n) is 6.03. The molecule has 0 saturated carbocycles. The zero-order valence-electron chi connectivity index (χ0n) is 10.4. The average Bonchev–Trinajstić information content (AvgIpc) is 2.42. The van der Waals surface area contributed by atoms with Crippen LogP contribution in [0.4, 0.5) is 0 Å². The number of benzene rings is 1. The summed E-state index contributed by atoms with van der Waals surface area (Å²) in [7, 11) is 1.60. The molecule has 4 nitrogen and oxygen atoms in total. The molecule has 0 radical (unpaired) electrons. The van der Waals surface area contributed by atoms with Crippen LogP contribution in [-0.2, 0) is 4.74 Å². The fraction of sp³-hybridized carbons (Fsp3) is 0.538. The highest BCUT2D eigenvalue weighted by atomic mass is 79.9. The average molecular weight is 316 g/mol. The highest BCUT2D eigenvalue weighted by Gasteiger charge is 2.25. The molecule has 0 amide bonds. The van der Waals surface area contributed by atoms with Crippen LogP contribution in [0.25, 0.3) is 0 Å². The zero-order chi connectivity index (χ0) is 13.1. The maximum Gasteiger partial charge on any atom is 0.134 e. The van der Waals surface area contributed by atoms with E-state index in [0.29, 0.717) is 16.1 Å². The quantitative estimate of drug-likeness (QED) is 0.900. The first-order chi connectivity index (χ1) is 8.63. The highest BCUT2D eigenvalue weighted by molar-refractivity contribution is 9.10. The van der Waals surface area contributed by atoms with E-state index in [2.05, 4.69) is 15.9 Å². The maximum absolute atomic E-state index is 10.1. The SMILES string of the molecule is COc1cc(Br)c(O)c([C@@H](N)C2CCOCC2)c1. The van der Waals surface area contributed by atoms with Gasteiger partial charge in [-0.05, 0) is 46.8 Å². The summed E-state index contributed by atoms with van der Waals surface area (Å²) in [5, 5.41) is 10.1. The second kappa shape index (κ2) is 5.91. The minimum absolute atomic E-state index is 0.194. The Morgan fingerprint density at radius 1 is 1.44 bits per heavy atom. The van der Waals surface area contributed by atoms with Crippen molar-refractivity contribution in [2.75, 3.05) is 20.3 Å². The molecule has 0 spiro atoms. The van der Waals surface area contributed by atoms with Crippen LogP contribution in [0.5, 0.6) is 11.5 Å². The lowest BCUT2D eigenvalue weighted by Crippen LogP contribution is -2.27. The number of aromatic hydroxyl groups is 1. The van der Waals surface area contributed by atoms with E-state index < -0.39 is 0 Å². The van der Waals surface area contributed by atoms with Crippen LogP contribution >= 0.6 is 15.9 Å². The minimum atomic E-state index is -0.194. The fourth-order valence-corrected chi connectivity index (χ4v) is 2.75. The van der Waals surface area contributed by atoms with Crippen molar-refractivity contribution in [2.45, 2.75) is 18.9 Å². The Hall–Kier alpha value is -0.780. The molecule has 1 fully saturated rings. The molecule has 1 aromatic rings. The van der Waals surface area contributed by atoms with Gasteiger partial charge in [0, 0.05) is 24.8 Å². The lowest BCUT2D eigenvalue weighted by molar-refractivity contribution is 0.0581. The smallest absolute Gasteiger partial charge is 0.134 e. The fourth-order valence-electron chi connectivity index (χ4n) is 2.30. The second-order valence-electron chi connectivity index (χ2n) is 4.52. The summed E-state index contributed by atoms with van der Waals surface area (Å²) in [6, 6.07) is 3.34. The van der Waals surface area contributed by atoms with Gasteiger partial charge >= 0.3 is 0 Å². The van der Waals surface area contributed by atoms with Gasteiger partial charge in [0.15, 0.2) is 0 Å². The summed E-state index contributed by atoms with van der Waals surface area (Å²) < 4.78 is 11.1. The molecule has 18 heavy (non-hydrogen) atoms. The van der Waals surface area contributed by atoms with Gasteiger partial charge in [-0.3, -0.25) is 0 Å². The van der Waals surface area contributed by atoms with Crippen molar-refractivity contribution in [3.05, 3.63) is 22.2 Å². The molecule has 0 aliphatic carbocycles. The van der Waals surface area contributed by atoms with E-state index in [0.717, 1.165) is 31.6 Å². The van der Waals surface area contributed by atoms with Crippen LogP contribution in [0.2, 0.25) is 0 Å². The standard InChI is InChI=1S/C13H18BrNO3/c1-17-9-6-10(13(16)11(14)7-9)12(15)8-2-4-18-5-3-8/h6-8,12,16H,2-5,15H2,1H3/t12-/m0/s1. The summed E-state index contributed by atoms with van der Waals surface area (Å²) in [5.74, 6) is 1.23. The van der Waals surface area contributed by atoms with Gasteiger partial charge in [-0.2, -0.15) is 0 Å². The lowest BCUT2D eigenvalue weighted by Gasteiger charge is -2.28. The maximum atomic E-state index is 10.1. The van der Waals surface area contributed by atoms with E-state index >= 15 is 0 Å². The van der Waals surface area contributed by atoms with E-state index in [-0.39, 0.29) is 11.8 Å². The predicted octanol–water partition coefficient (Wildman–Crippen LogP) is 2.59. The van der Waals surface area contributed by atoms with Gasteiger partial charge in [-0.25, -0.2) is 0 Å². The molecule has 2 rings (SSSR count). The Balaban J connectivity index is 2.27. The summed E-state index contributed by atoms with van der Waals surface area (Å²) in [4.78, 5) is 0. The molecule has 100 valence electrons. The Bertz CT molecular complexity index is 419. The van der Waals surface area contributed by atoms with Crippen molar-refractivity contribution < 1.29 is 14.6 Å². The normalized spacial score (nSPS) is 18.6. The Morgan fingerprint density at radius 2 is 2.11 bits per heavy atom. The minimum Gasteiger partial charge on any atom is -0.506 e. The topological polar surface area (TPSA) is 64.7 Å². The molecule has 3 N–H and O–H groups in total. The Labute approximate surface area is 115 Å². The monoisotopic (exact) mass is 315 g/mol. The Morgan fingerprint density at radius 3 is 2.72 bits per heavy atom. The molecule has 0 bridgehead atoms. The van der Waals surface area contributed by atoms with Crippen LogP contribution in [0, 0.1) is 5.92 Å². The molecule has 5 heteroatoms. The molecule has 1 heterocycles. The number of nitrogens with two attached hydrogens (primary N) is 1. The van der Waals surface area contributed by atoms with Gasteiger partial charge in [0.25, 0.3) is 0 Å². The number of halogens is 1. The van der Waals surface area contributed by atoms with Crippen LogP contribution < -0.4 is 10.5 Å². The molecule has 1 aliphatic rings. The van der Waals surface area contributed by atoms with E-state index in [1.54, 1.807) is 19.2 Å². The van der Waals surface area contributed by atoms with Crippen molar-refractivity contribution in [1.82, 2.24) is 0 Å². The molecular formula is C13H18BrNO3. The summed E-state index contributed by atoms with van der Waals surface area (Å²) in [6.45, 7) is 1.48. The summed E-state index contributed by atoms with van der Waals surface area (Å²) in [6.07, 6.45) is 1.85. The number of methoxy groups -OCH3 is 1. The zero-order valence-corrected chi connectivity index (χ0v) is 11.9. The molecular weight excluding hydrogens is 298 g/mol. The van der Waals surface area contributed by atoms with E-state index in [1.165, 1.54) is 0 Å². The molecule has 1 aliphatic heterocycles. The molecule has 0 unspecified atom stereocenters. The third-order valence-corrected chi connectivity index (χ3v) is 4.04. The van der Waals surface area contributed by atoms with Crippen molar-refractivity contribution in [1.29, 1.82) is 0 Å². The molecule has 1 atom stereocenters. The van der Waals surface area contributed by atoms with Crippen molar-refractivity contribution in [3.8, 4) is 11.5 Å². The van der Waals surface area contributed by atoms with Crippen molar-refractivity contribution in [3.63, 3.8) is 0 Å². The van der Waals surface area contributed by atoms with Crippen LogP contribution in [-0.4, -0.2) is 25.4 Å². The van der Waals surface area contributed by atoms with Gasteiger partial charge < -0.3 is 20.3 Å². The first kappa shape index (κ1) is 13.6. The molecule has 1 saturated heterocycles. The number of ether oxygens (including phenoxy) is 2. The lowest BCUT2D eigenvalue weighted by atomic mass is 9.87. The Kier molecular flexibility index (Phi) is 4.48. The summed E-state index contributed by atoms with van der Waals surface area (Å²) >= 11 is 3.32. The van der Waals surface area contributed by atoms with E-state index in [9.17, 15) is 5.11 Å². The highest BCUT2D eigenvalue weighted by Crippen LogP contribution is 2.39. The largest absolute Gasteiger partial charge is 0.506 e. The van der Waals surface area contributed by atoms with Gasteiger partial charge in [0.1, 0.15) is 11.5 Å².